The van der Waals surface area contributed by atoms with E-state index in [9.17, 15) is 9.59 Å². The molecule has 1 aliphatic heterocycles. The third-order valence-electron chi connectivity index (χ3n) is 4.17. The molecule has 0 spiro atoms. The van der Waals surface area contributed by atoms with E-state index >= 15 is 0 Å². The minimum atomic E-state index is -0.633. The molecule has 0 bridgehead atoms. The van der Waals surface area contributed by atoms with Crippen molar-refractivity contribution in [1.82, 2.24) is 9.55 Å². The number of H-pyrrole nitrogens is 1. The fourth-order valence-electron chi connectivity index (χ4n) is 2.97. The standard InChI is InChI=1S/C17H14IN3O4/c1-21-7-11(9-3-4-19-13(9)17(21)23)10-5-8(24-2)6-12-14(10)25-15(18)16(22)20-12/h3-7,15,19H,1-2H3,(H,20,22). The number of pyridine rings is 1. The highest BCUT2D eigenvalue weighted by Crippen LogP contribution is 2.44. The number of rotatable bonds is 2. The smallest absolute Gasteiger partial charge is 0.275 e. The van der Waals surface area contributed by atoms with Crippen LogP contribution in [0.25, 0.3) is 22.0 Å². The monoisotopic (exact) mass is 451 g/mol. The lowest BCUT2D eigenvalue weighted by molar-refractivity contribution is -0.119. The number of aryl methyl sites for hydroxylation is 1. The molecule has 1 atom stereocenters. The Bertz CT molecular complexity index is 1070. The highest BCUT2D eigenvalue weighted by Gasteiger charge is 2.29. The molecular formula is C17H14IN3O4. The summed E-state index contributed by atoms with van der Waals surface area (Å²) < 4.78 is 12.1. The molecule has 1 aromatic carbocycles. The van der Waals surface area contributed by atoms with Gasteiger partial charge in [-0.25, -0.2) is 0 Å². The van der Waals surface area contributed by atoms with Crippen molar-refractivity contribution in [3.8, 4) is 22.6 Å². The molecule has 0 saturated carbocycles. The Balaban J connectivity index is 2.05. The van der Waals surface area contributed by atoms with E-state index in [1.165, 1.54) is 4.57 Å². The van der Waals surface area contributed by atoms with Gasteiger partial charge in [-0.1, -0.05) is 0 Å². The lowest BCUT2D eigenvalue weighted by Gasteiger charge is -2.25. The molecule has 3 heterocycles. The summed E-state index contributed by atoms with van der Waals surface area (Å²) in [5.74, 6) is 0.919. The molecule has 1 aliphatic rings. The van der Waals surface area contributed by atoms with E-state index in [0.29, 0.717) is 22.7 Å². The number of ether oxygens (including phenoxy) is 2. The fourth-order valence-corrected chi connectivity index (χ4v) is 3.38. The third kappa shape index (κ3) is 2.48. The molecule has 1 unspecified atom stereocenters. The summed E-state index contributed by atoms with van der Waals surface area (Å²) >= 11 is 1.94. The lowest BCUT2D eigenvalue weighted by Crippen LogP contribution is -2.32. The largest absolute Gasteiger partial charge is 0.497 e. The van der Waals surface area contributed by atoms with Crippen molar-refractivity contribution in [1.29, 1.82) is 0 Å². The van der Waals surface area contributed by atoms with Crippen LogP contribution in [-0.2, 0) is 11.8 Å². The zero-order valence-electron chi connectivity index (χ0n) is 13.4. The molecule has 2 aromatic heterocycles. The van der Waals surface area contributed by atoms with Gasteiger partial charge >= 0.3 is 0 Å². The molecule has 0 aliphatic carbocycles. The fraction of sp³-hybridized carbons (Fsp3) is 0.176. The predicted octanol–water partition coefficient (Wildman–Crippen LogP) is 2.63. The molecule has 4 rings (SSSR count). The van der Waals surface area contributed by atoms with Crippen LogP contribution in [0.4, 0.5) is 5.69 Å². The average Bonchev–Trinajstić information content (AvgIpc) is 3.08. The van der Waals surface area contributed by atoms with Crippen LogP contribution in [-0.4, -0.2) is 26.7 Å². The van der Waals surface area contributed by atoms with Gasteiger partial charge in [-0.15, -0.1) is 0 Å². The summed E-state index contributed by atoms with van der Waals surface area (Å²) in [7, 11) is 3.26. The summed E-state index contributed by atoms with van der Waals surface area (Å²) in [4.78, 5) is 27.2. The van der Waals surface area contributed by atoms with Gasteiger partial charge in [0.1, 0.15) is 11.3 Å². The first kappa shape index (κ1) is 16.0. The summed E-state index contributed by atoms with van der Waals surface area (Å²) in [6.07, 6.45) is 3.49. The first-order chi connectivity index (χ1) is 12.0. The van der Waals surface area contributed by atoms with Crippen LogP contribution >= 0.6 is 22.6 Å². The Morgan fingerprint density at radius 2 is 2.08 bits per heavy atom. The Labute approximate surface area is 156 Å². The number of amides is 1. The van der Waals surface area contributed by atoms with Crippen molar-refractivity contribution >= 4 is 45.1 Å². The van der Waals surface area contributed by atoms with Crippen molar-refractivity contribution in [2.24, 2.45) is 7.05 Å². The van der Waals surface area contributed by atoms with E-state index in [4.69, 9.17) is 9.47 Å². The SMILES string of the molecule is COc1cc2c(c(-c3cn(C)c(=O)c4[nH]ccc34)c1)OC(I)C(=O)N2. The van der Waals surface area contributed by atoms with E-state index in [2.05, 4.69) is 10.3 Å². The average molecular weight is 451 g/mol. The van der Waals surface area contributed by atoms with Crippen LogP contribution in [0.3, 0.4) is 0 Å². The van der Waals surface area contributed by atoms with Gasteiger partial charge < -0.3 is 24.3 Å². The molecule has 0 fully saturated rings. The number of aromatic nitrogens is 2. The second-order valence-corrected chi connectivity index (χ2v) is 6.83. The maximum atomic E-state index is 12.3. The van der Waals surface area contributed by atoms with Crippen LogP contribution in [0.2, 0.25) is 0 Å². The minimum absolute atomic E-state index is 0.110. The van der Waals surface area contributed by atoms with Gasteiger partial charge in [0.15, 0.2) is 5.75 Å². The molecule has 25 heavy (non-hydrogen) atoms. The van der Waals surface area contributed by atoms with Crippen LogP contribution in [0.15, 0.2) is 35.4 Å². The second kappa shape index (κ2) is 5.80. The lowest BCUT2D eigenvalue weighted by atomic mass is 10.0. The Morgan fingerprint density at radius 3 is 2.84 bits per heavy atom. The number of anilines is 1. The number of benzene rings is 1. The van der Waals surface area contributed by atoms with Gasteiger partial charge in [-0.3, -0.25) is 9.59 Å². The van der Waals surface area contributed by atoms with E-state index in [1.54, 1.807) is 32.6 Å². The van der Waals surface area contributed by atoms with E-state index < -0.39 is 4.11 Å². The van der Waals surface area contributed by atoms with Crippen LogP contribution in [0, 0.1) is 0 Å². The van der Waals surface area contributed by atoms with Gasteiger partial charge in [-0.05, 0) is 34.7 Å². The molecule has 7 nitrogen and oxygen atoms in total. The van der Waals surface area contributed by atoms with Gasteiger partial charge in [0, 0.05) is 42.0 Å². The Kier molecular flexibility index (Phi) is 3.71. The van der Waals surface area contributed by atoms with Crippen molar-refractivity contribution in [3.05, 3.63) is 40.9 Å². The third-order valence-corrected chi connectivity index (χ3v) is 4.99. The van der Waals surface area contributed by atoms with Gasteiger partial charge in [0.25, 0.3) is 11.5 Å². The molecule has 0 radical (unpaired) electrons. The molecule has 128 valence electrons. The van der Waals surface area contributed by atoms with Crippen LogP contribution < -0.4 is 20.3 Å². The van der Waals surface area contributed by atoms with Gasteiger partial charge in [0.05, 0.1) is 12.8 Å². The number of fused-ring (bicyclic) bond motifs is 2. The zero-order valence-corrected chi connectivity index (χ0v) is 15.6. The highest BCUT2D eigenvalue weighted by atomic mass is 127. The first-order valence-corrected chi connectivity index (χ1v) is 8.75. The van der Waals surface area contributed by atoms with Crippen LogP contribution in [0.1, 0.15) is 0 Å². The van der Waals surface area contributed by atoms with Crippen molar-refractivity contribution in [3.63, 3.8) is 0 Å². The maximum absolute atomic E-state index is 12.3. The number of nitrogens with zero attached hydrogens (tertiary/aromatic N) is 1. The number of hydrogen-bond donors (Lipinski definition) is 2. The normalized spacial score (nSPS) is 16.3. The van der Waals surface area contributed by atoms with Gasteiger partial charge in [-0.2, -0.15) is 0 Å². The molecular weight excluding hydrogens is 437 g/mol. The van der Waals surface area contributed by atoms with Crippen molar-refractivity contribution in [2.45, 2.75) is 4.11 Å². The summed E-state index contributed by atoms with van der Waals surface area (Å²) in [5.41, 5.74) is 2.51. The van der Waals surface area contributed by atoms with Gasteiger partial charge in [0.2, 0.25) is 4.11 Å². The highest BCUT2D eigenvalue weighted by molar-refractivity contribution is 14.1. The summed E-state index contributed by atoms with van der Waals surface area (Å²) in [6.45, 7) is 0. The number of aromatic amines is 1. The van der Waals surface area contributed by atoms with E-state index in [-0.39, 0.29) is 11.5 Å². The maximum Gasteiger partial charge on any atom is 0.275 e. The number of halogens is 1. The summed E-state index contributed by atoms with van der Waals surface area (Å²) in [5, 5.41) is 3.62. The van der Waals surface area contributed by atoms with Crippen molar-refractivity contribution in [2.75, 3.05) is 12.4 Å². The number of methoxy groups -OCH3 is 1. The molecule has 3 aromatic rings. The minimum Gasteiger partial charge on any atom is -0.497 e. The second-order valence-electron chi connectivity index (χ2n) is 5.70. The molecule has 8 heteroatoms. The van der Waals surface area contributed by atoms with Crippen LogP contribution in [0.5, 0.6) is 11.5 Å². The van der Waals surface area contributed by atoms with E-state index in [1.807, 2.05) is 34.7 Å². The number of hydrogen-bond acceptors (Lipinski definition) is 4. The number of nitrogens with one attached hydrogen (secondary N) is 2. The Morgan fingerprint density at radius 1 is 1.28 bits per heavy atom. The molecule has 1 amide bonds. The number of alkyl halides is 1. The topological polar surface area (TPSA) is 85.3 Å². The van der Waals surface area contributed by atoms with Crippen molar-refractivity contribution < 1.29 is 14.3 Å². The summed E-state index contributed by atoms with van der Waals surface area (Å²) in [6, 6.07) is 5.41. The first-order valence-electron chi connectivity index (χ1n) is 7.50. The molecule has 2 N–H and O–H groups in total. The number of carbonyl (C=O) groups is 1. The quantitative estimate of drug-likeness (QED) is 0.464. The number of carbonyl (C=O) groups excluding carboxylic acids is 1. The predicted molar refractivity (Wildman–Crippen MR) is 103 cm³/mol. The Hall–Kier alpha value is -2.49. The van der Waals surface area contributed by atoms with E-state index in [0.717, 1.165) is 16.5 Å². The zero-order chi connectivity index (χ0) is 17.7. The molecule has 0 saturated heterocycles.